The molecule has 0 saturated carbocycles. The molecule has 2 aromatic heterocycles. The lowest BCUT2D eigenvalue weighted by Gasteiger charge is -2.07. The fraction of sp³-hybridized carbons (Fsp3) is 0.300. The lowest BCUT2D eigenvalue weighted by atomic mass is 10.2. The third-order valence-electron chi connectivity index (χ3n) is 4.48. The highest BCUT2D eigenvalue weighted by molar-refractivity contribution is 5.91. The Morgan fingerprint density at radius 1 is 1.24 bits per heavy atom. The zero-order chi connectivity index (χ0) is 21.0. The van der Waals surface area contributed by atoms with Crippen LogP contribution < -0.4 is 10.1 Å². The number of para-hydroxylation sites is 1. The Bertz CT molecular complexity index is 1040. The Morgan fingerprint density at radius 2 is 2.00 bits per heavy atom. The number of carbonyl (C=O) groups is 1. The van der Waals surface area contributed by atoms with Gasteiger partial charge in [-0.2, -0.15) is 5.10 Å². The highest BCUT2D eigenvalue weighted by atomic mass is 16.6. The molecule has 29 heavy (non-hydrogen) atoms. The van der Waals surface area contributed by atoms with Gasteiger partial charge in [-0.15, -0.1) is 0 Å². The second-order valence-electron chi connectivity index (χ2n) is 6.58. The predicted molar refractivity (Wildman–Crippen MR) is 105 cm³/mol. The van der Waals surface area contributed by atoms with E-state index in [2.05, 4.69) is 10.4 Å². The topological polar surface area (TPSA) is 112 Å². The Balaban J connectivity index is 1.52. The lowest BCUT2D eigenvalue weighted by Crippen LogP contribution is -2.27. The molecule has 0 saturated heterocycles. The van der Waals surface area contributed by atoms with Crippen LogP contribution in [-0.4, -0.2) is 27.2 Å². The predicted octanol–water partition coefficient (Wildman–Crippen LogP) is 3.32. The highest BCUT2D eigenvalue weighted by Crippen LogP contribution is 2.21. The summed E-state index contributed by atoms with van der Waals surface area (Å²) in [5.41, 5.74) is 1.82. The lowest BCUT2D eigenvalue weighted by molar-refractivity contribution is -0.386. The summed E-state index contributed by atoms with van der Waals surface area (Å²) in [5.74, 6) is 1.09. The van der Waals surface area contributed by atoms with Crippen molar-refractivity contribution in [2.24, 2.45) is 0 Å². The minimum atomic E-state index is -0.448. The quantitative estimate of drug-likeness (QED) is 0.460. The molecule has 0 unspecified atom stereocenters. The van der Waals surface area contributed by atoms with Crippen LogP contribution >= 0.6 is 0 Å². The Morgan fingerprint density at radius 3 is 2.69 bits per heavy atom. The number of hydrogen-bond donors (Lipinski definition) is 1. The summed E-state index contributed by atoms with van der Waals surface area (Å²) in [6.07, 6.45) is 0. The van der Waals surface area contributed by atoms with E-state index in [0.29, 0.717) is 23.7 Å². The van der Waals surface area contributed by atoms with E-state index in [0.717, 1.165) is 11.3 Å². The van der Waals surface area contributed by atoms with Crippen LogP contribution in [0.15, 0.2) is 40.8 Å². The van der Waals surface area contributed by atoms with Gasteiger partial charge in [-0.3, -0.25) is 19.6 Å². The largest absolute Gasteiger partial charge is 0.485 e. The summed E-state index contributed by atoms with van der Waals surface area (Å²) < 4.78 is 12.8. The fourth-order valence-electron chi connectivity index (χ4n) is 2.98. The molecule has 0 aliphatic carbocycles. The van der Waals surface area contributed by atoms with Crippen LogP contribution in [0, 0.1) is 30.9 Å². The van der Waals surface area contributed by atoms with E-state index in [-0.39, 0.29) is 30.5 Å². The third kappa shape index (κ3) is 4.63. The molecule has 0 spiro atoms. The normalized spacial score (nSPS) is 10.7. The number of nitro groups is 1. The molecule has 1 N–H and O–H groups in total. The molecule has 3 aromatic rings. The second kappa shape index (κ2) is 8.59. The summed E-state index contributed by atoms with van der Waals surface area (Å²) in [6, 6.07) is 10.9. The van der Waals surface area contributed by atoms with Crippen LogP contribution in [0.2, 0.25) is 0 Å². The average molecular weight is 398 g/mol. The third-order valence-corrected chi connectivity index (χ3v) is 4.48. The van der Waals surface area contributed by atoms with Gasteiger partial charge in [0.1, 0.15) is 29.5 Å². The molecule has 9 nitrogen and oxygen atoms in total. The number of aryl methyl sites for hydroxylation is 2. The SMILES string of the molecule is Cc1ccccc1OCc1ccc(C(=O)NCCn2nc(C)c([N+](=O)[O-])c2C)o1. The zero-order valence-electron chi connectivity index (χ0n) is 16.5. The van der Waals surface area contributed by atoms with Crippen LogP contribution in [0.1, 0.15) is 33.3 Å². The van der Waals surface area contributed by atoms with E-state index < -0.39 is 4.92 Å². The van der Waals surface area contributed by atoms with Gasteiger partial charge in [-0.05, 0) is 44.5 Å². The van der Waals surface area contributed by atoms with E-state index >= 15 is 0 Å². The molecule has 0 bridgehead atoms. The first kappa shape index (κ1) is 20.1. The minimum absolute atomic E-state index is 0.000607. The van der Waals surface area contributed by atoms with Crippen molar-refractivity contribution in [3.8, 4) is 5.75 Å². The van der Waals surface area contributed by atoms with Crippen LogP contribution in [0.3, 0.4) is 0 Å². The van der Waals surface area contributed by atoms with E-state index in [1.165, 1.54) is 4.68 Å². The molecule has 0 fully saturated rings. The number of nitrogens with one attached hydrogen (secondary N) is 1. The highest BCUT2D eigenvalue weighted by Gasteiger charge is 2.21. The number of carbonyl (C=O) groups excluding carboxylic acids is 1. The molecular formula is C20H22N4O5. The number of amides is 1. The van der Waals surface area contributed by atoms with Crippen LogP contribution in [0.5, 0.6) is 5.75 Å². The summed E-state index contributed by atoms with van der Waals surface area (Å²) in [5, 5.41) is 17.9. The van der Waals surface area contributed by atoms with Crippen molar-refractivity contribution < 1.29 is 18.9 Å². The number of furan rings is 1. The van der Waals surface area contributed by atoms with E-state index in [1.807, 2.05) is 31.2 Å². The van der Waals surface area contributed by atoms with Crippen molar-refractivity contribution >= 4 is 11.6 Å². The van der Waals surface area contributed by atoms with E-state index in [4.69, 9.17) is 9.15 Å². The first-order valence-electron chi connectivity index (χ1n) is 9.10. The molecule has 0 radical (unpaired) electrons. The van der Waals surface area contributed by atoms with Gasteiger partial charge >= 0.3 is 5.69 Å². The van der Waals surface area contributed by atoms with Gasteiger partial charge in [0.05, 0.1) is 11.5 Å². The van der Waals surface area contributed by atoms with Crippen molar-refractivity contribution in [1.82, 2.24) is 15.1 Å². The van der Waals surface area contributed by atoms with Crippen molar-refractivity contribution in [3.05, 3.63) is 75.0 Å². The van der Waals surface area contributed by atoms with Crippen molar-refractivity contribution in [2.75, 3.05) is 6.54 Å². The van der Waals surface area contributed by atoms with E-state index in [9.17, 15) is 14.9 Å². The number of benzene rings is 1. The maximum atomic E-state index is 12.3. The van der Waals surface area contributed by atoms with Gasteiger partial charge in [0.25, 0.3) is 5.91 Å². The first-order chi connectivity index (χ1) is 13.9. The average Bonchev–Trinajstić information content (AvgIpc) is 3.25. The summed E-state index contributed by atoms with van der Waals surface area (Å²) in [6.45, 7) is 5.96. The summed E-state index contributed by atoms with van der Waals surface area (Å²) in [4.78, 5) is 22.9. The van der Waals surface area contributed by atoms with Crippen molar-refractivity contribution in [3.63, 3.8) is 0 Å². The maximum absolute atomic E-state index is 12.3. The minimum Gasteiger partial charge on any atom is -0.485 e. The fourth-order valence-corrected chi connectivity index (χ4v) is 2.98. The maximum Gasteiger partial charge on any atom is 0.312 e. The van der Waals surface area contributed by atoms with Crippen molar-refractivity contribution in [1.29, 1.82) is 0 Å². The summed E-state index contributed by atoms with van der Waals surface area (Å²) in [7, 11) is 0. The van der Waals surface area contributed by atoms with Gasteiger partial charge in [0, 0.05) is 6.54 Å². The molecule has 9 heteroatoms. The van der Waals surface area contributed by atoms with Gasteiger partial charge in [-0.1, -0.05) is 18.2 Å². The van der Waals surface area contributed by atoms with E-state index in [1.54, 1.807) is 26.0 Å². The number of rotatable bonds is 8. The molecule has 1 aromatic carbocycles. The molecule has 152 valence electrons. The number of hydrogen-bond acceptors (Lipinski definition) is 6. The van der Waals surface area contributed by atoms with Crippen LogP contribution in [0.25, 0.3) is 0 Å². The molecule has 0 aliphatic rings. The molecule has 3 rings (SSSR count). The number of aromatic nitrogens is 2. The smallest absolute Gasteiger partial charge is 0.312 e. The van der Waals surface area contributed by atoms with Gasteiger partial charge in [0.2, 0.25) is 0 Å². The molecule has 2 heterocycles. The zero-order valence-corrected chi connectivity index (χ0v) is 16.5. The monoisotopic (exact) mass is 398 g/mol. The number of ether oxygens (including phenoxy) is 1. The van der Waals surface area contributed by atoms with Gasteiger partial charge in [-0.25, -0.2) is 0 Å². The van der Waals surface area contributed by atoms with Gasteiger partial charge < -0.3 is 14.5 Å². The Hall–Kier alpha value is -3.62. The first-order valence-corrected chi connectivity index (χ1v) is 9.10. The molecule has 0 aliphatic heterocycles. The van der Waals surface area contributed by atoms with Crippen LogP contribution in [0.4, 0.5) is 5.69 Å². The standard InChI is InChI=1S/C20H22N4O5/c1-13-6-4-5-7-17(13)28-12-16-8-9-18(29-16)20(25)21-10-11-23-15(3)19(24(26)27)14(2)22-23/h4-9H,10-12H2,1-3H3,(H,21,25). The Kier molecular flexibility index (Phi) is 5.96. The number of nitrogens with zero attached hydrogens (tertiary/aromatic N) is 3. The summed E-state index contributed by atoms with van der Waals surface area (Å²) >= 11 is 0. The Labute approximate surface area is 167 Å². The van der Waals surface area contributed by atoms with Crippen LogP contribution in [-0.2, 0) is 13.2 Å². The second-order valence-corrected chi connectivity index (χ2v) is 6.58. The molecule has 1 amide bonds. The molecular weight excluding hydrogens is 376 g/mol. The van der Waals surface area contributed by atoms with Gasteiger partial charge in [0.15, 0.2) is 5.76 Å². The molecule has 0 atom stereocenters. The van der Waals surface area contributed by atoms with Crippen molar-refractivity contribution in [2.45, 2.75) is 33.9 Å².